The highest BCUT2D eigenvalue weighted by Crippen LogP contribution is 2.13. The number of aliphatic imine (C=N–C) groups is 1. The lowest BCUT2D eigenvalue weighted by atomic mass is 10.2. The van der Waals surface area contributed by atoms with Crippen LogP contribution in [-0.2, 0) is 6.42 Å². The zero-order valence-corrected chi connectivity index (χ0v) is 12.1. The Morgan fingerprint density at radius 3 is 2.96 bits per heavy atom. The fraction of sp³-hybridized carbons (Fsp3) is 0.0667. The van der Waals surface area contributed by atoms with Crippen molar-refractivity contribution in [1.29, 1.82) is 0 Å². The van der Waals surface area contributed by atoms with Crippen molar-refractivity contribution in [1.82, 2.24) is 20.0 Å². The minimum atomic E-state index is -0.354. The summed E-state index contributed by atoms with van der Waals surface area (Å²) < 4.78 is 15.2. The highest BCUT2D eigenvalue weighted by Gasteiger charge is 2.10. The van der Waals surface area contributed by atoms with Crippen LogP contribution in [0.3, 0.4) is 0 Å². The molecule has 0 spiro atoms. The molecular weight excluding hydrogens is 297 g/mol. The van der Waals surface area contributed by atoms with Crippen molar-refractivity contribution in [2.45, 2.75) is 6.42 Å². The van der Waals surface area contributed by atoms with E-state index in [2.05, 4.69) is 20.3 Å². The molecule has 0 bridgehead atoms. The van der Waals surface area contributed by atoms with E-state index in [0.717, 1.165) is 12.0 Å². The third kappa shape index (κ3) is 3.15. The second-order valence-corrected chi connectivity index (χ2v) is 4.84. The van der Waals surface area contributed by atoms with Gasteiger partial charge in [-0.25, -0.2) is 9.07 Å². The average Bonchev–Trinajstić information content (AvgIpc) is 3.18. The lowest BCUT2D eigenvalue weighted by Crippen LogP contribution is -2.30. The van der Waals surface area contributed by atoms with Gasteiger partial charge in [-0.15, -0.1) is 5.10 Å². The van der Waals surface area contributed by atoms with Crippen molar-refractivity contribution in [3.63, 3.8) is 0 Å². The first-order chi connectivity index (χ1) is 11.2. The number of rotatable bonds is 5. The molecule has 0 aliphatic heterocycles. The van der Waals surface area contributed by atoms with E-state index in [1.807, 2.05) is 6.07 Å². The Balaban J connectivity index is 1.79. The van der Waals surface area contributed by atoms with Gasteiger partial charge < -0.3 is 10.7 Å². The van der Waals surface area contributed by atoms with E-state index >= 15 is 0 Å². The quantitative estimate of drug-likeness (QED) is 0.449. The van der Waals surface area contributed by atoms with E-state index in [0.29, 0.717) is 29.3 Å². The molecule has 3 aromatic rings. The molecule has 0 amide bonds. The van der Waals surface area contributed by atoms with Crippen molar-refractivity contribution in [3.8, 4) is 5.69 Å². The Labute approximate surface area is 131 Å². The highest BCUT2D eigenvalue weighted by atomic mass is 19.1. The van der Waals surface area contributed by atoms with Crippen molar-refractivity contribution >= 4 is 12.2 Å². The predicted molar refractivity (Wildman–Crippen MR) is 83.6 cm³/mol. The Bertz CT molecular complexity index is 862. The standard InChI is InChI=1S/C15H14FN7/c16-12-3-1-2-4-14(12)23-8-11(21-22-23)7-10-5-6-13(20-10)15(18)19-9-17/h1-6,8-9,20H,7H2,(H3,17,18,19)/p+1. The Morgan fingerprint density at radius 1 is 1.35 bits per heavy atom. The van der Waals surface area contributed by atoms with E-state index < -0.39 is 0 Å². The number of aromatic nitrogens is 4. The van der Waals surface area contributed by atoms with Gasteiger partial charge in [-0.1, -0.05) is 17.3 Å². The van der Waals surface area contributed by atoms with Gasteiger partial charge in [0, 0.05) is 12.1 Å². The van der Waals surface area contributed by atoms with Gasteiger partial charge in [0.2, 0.25) is 0 Å². The van der Waals surface area contributed by atoms with E-state index in [1.165, 1.54) is 10.7 Å². The fourth-order valence-electron chi connectivity index (χ4n) is 2.17. The number of H-pyrrole nitrogens is 1. The molecule has 116 valence electrons. The molecule has 1 aromatic carbocycles. The van der Waals surface area contributed by atoms with Crippen LogP contribution >= 0.6 is 0 Å². The van der Waals surface area contributed by atoms with E-state index in [-0.39, 0.29) is 5.82 Å². The number of nitrogens with two attached hydrogens (primary N) is 2. The number of benzene rings is 1. The van der Waals surface area contributed by atoms with Crippen LogP contribution in [0.15, 0.2) is 47.6 Å². The van der Waals surface area contributed by atoms with Crippen molar-refractivity contribution in [3.05, 3.63) is 65.5 Å². The second kappa shape index (κ2) is 6.22. The number of nitrogens with zero attached hydrogens (tertiary/aromatic N) is 4. The minimum Gasteiger partial charge on any atom is -0.361 e. The van der Waals surface area contributed by atoms with Crippen LogP contribution < -0.4 is 11.1 Å². The smallest absolute Gasteiger partial charge is 0.280 e. The first-order valence-corrected chi connectivity index (χ1v) is 6.88. The SMILES string of the molecule is NC(=NC=[NH2+])c1ccc(Cc2cn(-c3ccccc3F)nn2)[nH]1. The summed E-state index contributed by atoms with van der Waals surface area (Å²) in [5, 5.41) is 13.2. The molecular formula is C15H15FN7+. The van der Waals surface area contributed by atoms with Gasteiger partial charge in [0.15, 0.2) is 0 Å². The lowest BCUT2D eigenvalue weighted by molar-refractivity contribution is -0.106. The predicted octanol–water partition coefficient (Wildman–Crippen LogP) is -0.182. The number of aromatic amines is 1. The maximum Gasteiger partial charge on any atom is 0.280 e. The summed E-state index contributed by atoms with van der Waals surface area (Å²) in [6, 6.07) is 10.1. The number of halogens is 1. The Hall–Kier alpha value is -3.29. The molecule has 7 nitrogen and oxygen atoms in total. The van der Waals surface area contributed by atoms with Crippen molar-refractivity contribution in [2.75, 3.05) is 0 Å². The Kier molecular flexibility index (Phi) is 3.96. The molecule has 0 saturated heterocycles. The van der Waals surface area contributed by atoms with Gasteiger partial charge in [0.05, 0.1) is 11.9 Å². The second-order valence-electron chi connectivity index (χ2n) is 4.84. The van der Waals surface area contributed by atoms with Crippen LogP contribution in [0.1, 0.15) is 17.1 Å². The van der Waals surface area contributed by atoms with E-state index in [1.54, 1.807) is 30.5 Å². The number of para-hydroxylation sites is 1. The summed E-state index contributed by atoms with van der Waals surface area (Å²) in [6.07, 6.45) is 3.33. The van der Waals surface area contributed by atoms with Crippen LogP contribution in [0.4, 0.5) is 4.39 Å². The number of hydrogen-bond acceptors (Lipinski definition) is 2. The third-order valence-corrected chi connectivity index (χ3v) is 3.25. The number of amidine groups is 1. The molecule has 0 unspecified atom stereocenters. The summed E-state index contributed by atoms with van der Waals surface area (Å²) in [6.45, 7) is 0. The molecule has 0 fully saturated rings. The van der Waals surface area contributed by atoms with Gasteiger partial charge in [-0.05, 0) is 29.3 Å². The molecule has 8 heteroatoms. The largest absolute Gasteiger partial charge is 0.361 e. The molecule has 3 rings (SSSR count). The minimum absolute atomic E-state index is 0.300. The maximum atomic E-state index is 13.7. The van der Waals surface area contributed by atoms with Crippen molar-refractivity contribution < 1.29 is 9.80 Å². The first-order valence-electron chi connectivity index (χ1n) is 6.88. The average molecular weight is 312 g/mol. The molecule has 2 heterocycles. The van der Waals surface area contributed by atoms with Crippen LogP contribution in [-0.4, -0.2) is 32.2 Å². The van der Waals surface area contributed by atoms with E-state index in [9.17, 15) is 4.39 Å². The zero-order valence-electron chi connectivity index (χ0n) is 12.1. The lowest BCUT2D eigenvalue weighted by Gasteiger charge is -2.00. The maximum absolute atomic E-state index is 13.7. The fourth-order valence-corrected chi connectivity index (χ4v) is 2.17. The van der Waals surface area contributed by atoms with Gasteiger partial charge in [0.1, 0.15) is 17.2 Å². The van der Waals surface area contributed by atoms with Crippen LogP contribution in [0.2, 0.25) is 0 Å². The topological polar surface area (TPSA) is 110 Å². The molecule has 0 radical (unpaired) electrons. The van der Waals surface area contributed by atoms with E-state index in [4.69, 9.17) is 11.1 Å². The molecule has 0 aliphatic carbocycles. The summed E-state index contributed by atoms with van der Waals surface area (Å²) in [4.78, 5) is 6.94. The number of hydrogen-bond donors (Lipinski definition) is 3. The highest BCUT2D eigenvalue weighted by molar-refractivity contribution is 5.99. The number of nitrogens with one attached hydrogen (secondary N) is 1. The van der Waals surface area contributed by atoms with Gasteiger partial charge in [-0.3, -0.25) is 5.41 Å². The summed E-state index contributed by atoms with van der Waals surface area (Å²) in [7, 11) is 0. The van der Waals surface area contributed by atoms with Gasteiger partial charge >= 0.3 is 0 Å². The van der Waals surface area contributed by atoms with Gasteiger partial charge in [0.25, 0.3) is 12.2 Å². The molecule has 0 saturated carbocycles. The molecule has 5 N–H and O–H groups in total. The molecule has 23 heavy (non-hydrogen) atoms. The third-order valence-electron chi connectivity index (χ3n) is 3.25. The van der Waals surface area contributed by atoms with Crippen LogP contribution in [0, 0.1) is 5.82 Å². The van der Waals surface area contributed by atoms with Crippen molar-refractivity contribution in [2.24, 2.45) is 10.7 Å². The summed E-state index contributed by atoms with van der Waals surface area (Å²) >= 11 is 0. The first kappa shape index (κ1) is 14.6. The normalized spacial score (nSPS) is 11.6. The zero-order chi connectivity index (χ0) is 16.2. The Morgan fingerprint density at radius 2 is 2.17 bits per heavy atom. The molecule has 0 aliphatic rings. The monoisotopic (exact) mass is 312 g/mol. The molecule has 2 aromatic heterocycles. The summed E-state index contributed by atoms with van der Waals surface area (Å²) in [5.74, 6) is -0.0538. The summed E-state index contributed by atoms with van der Waals surface area (Å²) in [5.41, 5.74) is 8.35. The van der Waals surface area contributed by atoms with Crippen LogP contribution in [0.25, 0.3) is 5.69 Å². The molecule has 0 atom stereocenters. The van der Waals surface area contributed by atoms with Crippen LogP contribution in [0.5, 0.6) is 0 Å². The van der Waals surface area contributed by atoms with Gasteiger partial charge in [-0.2, -0.15) is 0 Å².